The molecule has 0 radical (unpaired) electrons. The van der Waals surface area contributed by atoms with Crippen LogP contribution in [0.15, 0.2) is 35.2 Å². The van der Waals surface area contributed by atoms with E-state index in [4.69, 9.17) is 9.78 Å². The van der Waals surface area contributed by atoms with Crippen LogP contribution >= 0.6 is 11.8 Å². The molecule has 124 valence electrons. The molecule has 5 nitrogen and oxygen atoms in total. The van der Waals surface area contributed by atoms with Gasteiger partial charge in [-0.2, -0.15) is 0 Å². The maximum Gasteiger partial charge on any atom is 0.124 e. The lowest BCUT2D eigenvalue weighted by Gasteiger charge is -2.52. The molecule has 2 fully saturated rings. The van der Waals surface area contributed by atoms with Crippen LogP contribution in [-0.2, 0) is 9.78 Å². The first-order valence-corrected chi connectivity index (χ1v) is 8.33. The third-order valence-electron chi connectivity index (χ3n) is 4.82. The zero-order valence-electron chi connectivity index (χ0n) is 12.9. The maximum atomic E-state index is 10.3. The number of benzene rings is 1. The van der Waals surface area contributed by atoms with Gasteiger partial charge in [-0.15, -0.1) is 11.8 Å². The van der Waals surface area contributed by atoms with Crippen molar-refractivity contribution in [1.29, 1.82) is 0 Å². The van der Waals surface area contributed by atoms with Gasteiger partial charge >= 0.3 is 0 Å². The molecule has 2 aliphatic rings. The molecule has 1 aliphatic carbocycles. The number of fused-ring (bicyclic) bond motifs is 2. The second-order valence-electron chi connectivity index (χ2n) is 6.49. The second kappa shape index (κ2) is 6.47. The molecule has 0 unspecified atom stereocenters. The van der Waals surface area contributed by atoms with Gasteiger partial charge in [-0.05, 0) is 44.7 Å². The first kappa shape index (κ1) is 17.7. The molecule has 22 heavy (non-hydrogen) atoms. The molecule has 0 spiro atoms. The van der Waals surface area contributed by atoms with Crippen molar-refractivity contribution in [2.75, 3.05) is 5.75 Å². The second-order valence-corrected chi connectivity index (χ2v) is 7.54. The van der Waals surface area contributed by atoms with Crippen molar-refractivity contribution >= 4 is 11.8 Å². The predicted octanol–water partition coefficient (Wildman–Crippen LogP) is 1.56. The number of hydrogen-bond donors (Lipinski definition) is 2. The Hall–Kier alpha value is -0.630. The van der Waals surface area contributed by atoms with E-state index in [0.29, 0.717) is 6.42 Å². The molecule has 1 aromatic carbocycles. The Balaban J connectivity index is 0.00000176. The van der Waals surface area contributed by atoms with Crippen molar-refractivity contribution < 1.29 is 25.5 Å². The highest BCUT2D eigenvalue weighted by molar-refractivity contribution is 7.99. The van der Waals surface area contributed by atoms with E-state index in [1.54, 1.807) is 18.7 Å². The van der Waals surface area contributed by atoms with Gasteiger partial charge in [-0.1, -0.05) is 18.2 Å². The van der Waals surface area contributed by atoms with Crippen molar-refractivity contribution in [3.05, 3.63) is 30.3 Å². The van der Waals surface area contributed by atoms with Crippen LogP contribution in [-0.4, -0.2) is 44.9 Å². The van der Waals surface area contributed by atoms with Gasteiger partial charge in [0.1, 0.15) is 17.3 Å². The van der Waals surface area contributed by atoms with E-state index in [2.05, 4.69) is 12.1 Å². The van der Waals surface area contributed by atoms with E-state index < -0.39 is 23.4 Å². The molecule has 3 rings (SSSR count). The van der Waals surface area contributed by atoms with Crippen molar-refractivity contribution in [3.63, 3.8) is 0 Å². The van der Waals surface area contributed by atoms with E-state index in [0.717, 1.165) is 12.2 Å². The number of aliphatic hydroxyl groups is 2. The highest BCUT2D eigenvalue weighted by atomic mass is 32.2. The van der Waals surface area contributed by atoms with Crippen LogP contribution in [0.4, 0.5) is 0 Å². The highest BCUT2D eigenvalue weighted by Crippen LogP contribution is 2.46. The summed E-state index contributed by atoms with van der Waals surface area (Å²) in [6.45, 7) is 3.64. The fraction of sp³-hybridized carbons (Fsp3) is 0.625. The molecule has 1 heterocycles. The Morgan fingerprint density at radius 3 is 2.59 bits per heavy atom. The van der Waals surface area contributed by atoms with Gasteiger partial charge in [0.25, 0.3) is 0 Å². The molecule has 6 heteroatoms. The van der Waals surface area contributed by atoms with Crippen molar-refractivity contribution in [1.82, 2.24) is 0 Å². The van der Waals surface area contributed by atoms with E-state index in [-0.39, 0.29) is 11.4 Å². The first-order chi connectivity index (χ1) is 9.92. The minimum Gasteiger partial charge on any atom is -0.412 e. The minimum absolute atomic E-state index is 0. The quantitative estimate of drug-likeness (QED) is 0.649. The topological polar surface area (TPSA) is 90.4 Å². The van der Waals surface area contributed by atoms with Gasteiger partial charge in [0.2, 0.25) is 0 Å². The Morgan fingerprint density at radius 2 is 1.91 bits per heavy atom. The van der Waals surface area contributed by atoms with Crippen molar-refractivity contribution in [2.24, 2.45) is 5.92 Å². The van der Waals surface area contributed by atoms with Crippen molar-refractivity contribution in [2.45, 2.75) is 55.0 Å². The van der Waals surface area contributed by atoms with E-state index in [9.17, 15) is 10.2 Å². The molecule has 5 atom stereocenters. The lowest BCUT2D eigenvalue weighted by molar-refractivity contribution is -0.448. The summed E-state index contributed by atoms with van der Waals surface area (Å²) in [6.07, 6.45) is 0.0292. The third-order valence-corrected chi connectivity index (χ3v) is 6.14. The average molecular weight is 328 g/mol. The molecule has 1 aromatic rings. The molecular formula is C16H24O5S. The number of aliphatic hydroxyl groups excluding tert-OH is 1. The van der Waals surface area contributed by atoms with Crippen LogP contribution in [0.2, 0.25) is 0 Å². The maximum absolute atomic E-state index is 10.3. The minimum atomic E-state index is -1.23. The number of hydrogen-bond acceptors (Lipinski definition) is 5. The number of thioether (sulfide) groups is 1. The molecule has 0 amide bonds. The van der Waals surface area contributed by atoms with E-state index in [1.807, 2.05) is 25.1 Å². The van der Waals surface area contributed by atoms with Gasteiger partial charge in [0, 0.05) is 10.6 Å². The SMILES string of the molecule is C[C@]1(O)[C@H](O)C[C@H]2C[C@@H]1OO[C@]2(C)CSc1ccccc1.O. The lowest BCUT2D eigenvalue weighted by atomic mass is 9.69. The molecule has 4 N–H and O–H groups in total. The summed E-state index contributed by atoms with van der Waals surface area (Å²) in [7, 11) is 0. The largest absolute Gasteiger partial charge is 0.412 e. The Morgan fingerprint density at radius 1 is 1.23 bits per heavy atom. The van der Waals surface area contributed by atoms with Crippen LogP contribution in [0, 0.1) is 5.92 Å². The fourth-order valence-electron chi connectivity index (χ4n) is 3.07. The van der Waals surface area contributed by atoms with E-state index in [1.165, 1.54) is 4.90 Å². The zero-order valence-corrected chi connectivity index (χ0v) is 13.7. The van der Waals surface area contributed by atoms with Crippen LogP contribution in [0.3, 0.4) is 0 Å². The summed E-state index contributed by atoms with van der Waals surface area (Å²) in [4.78, 5) is 12.2. The molecule has 1 aliphatic heterocycles. The smallest absolute Gasteiger partial charge is 0.124 e. The van der Waals surface area contributed by atoms with Gasteiger partial charge in [0.15, 0.2) is 0 Å². The standard InChI is InChI=1S/C16H22O4S.H2O/c1-15(10-21-12-6-4-3-5-7-12)11-8-13(17)16(2,18)14(9-11)19-20-15;/h3-7,11,13-14,17-18H,8-10H2,1-2H3;1H2/t11-,13+,14-,15+,16-;/m0./s1. The monoisotopic (exact) mass is 328 g/mol. The van der Waals surface area contributed by atoms with Crippen LogP contribution < -0.4 is 0 Å². The van der Waals surface area contributed by atoms with Crippen LogP contribution in [0.5, 0.6) is 0 Å². The van der Waals surface area contributed by atoms with Crippen molar-refractivity contribution in [3.8, 4) is 0 Å². The average Bonchev–Trinajstić information content (AvgIpc) is 2.47. The summed E-state index contributed by atoms with van der Waals surface area (Å²) in [6, 6.07) is 10.2. The first-order valence-electron chi connectivity index (χ1n) is 7.34. The predicted molar refractivity (Wildman–Crippen MR) is 84.5 cm³/mol. The van der Waals surface area contributed by atoms with Gasteiger partial charge in [-0.25, -0.2) is 9.78 Å². The normalized spacial score (nSPS) is 40.8. The summed E-state index contributed by atoms with van der Waals surface area (Å²) in [5.74, 6) is 0.936. The highest BCUT2D eigenvalue weighted by Gasteiger charge is 2.55. The zero-order chi connectivity index (χ0) is 15.1. The Bertz CT molecular complexity index is 493. The van der Waals surface area contributed by atoms with Crippen LogP contribution in [0.1, 0.15) is 26.7 Å². The Kier molecular flexibility index (Phi) is 5.21. The fourth-order valence-corrected chi connectivity index (χ4v) is 4.16. The van der Waals surface area contributed by atoms with Gasteiger partial charge < -0.3 is 15.7 Å². The summed E-state index contributed by atoms with van der Waals surface area (Å²) in [5.41, 5.74) is -1.68. The molecule has 1 saturated carbocycles. The van der Waals surface area contributed by atoms with E-state index >= 15 is 0 Å². The van der Waals surface area contributed by atoms with Gasteiger partial charge in [-0.3, -0.25) is 0 Å². The Labute approximate surface area is 134 Å². The molecule has 1 saturated heterocycles. The lowest BCUT2D eigenvalue weighted by Crippen LogP contribution is -2.63. The summed E-state index contributed by atoms with van der Waals surface area (Å²) in [5, 5.41) is 20.4. The molecular weight excluding hydrogens is 304 g/mol. The van der Waals surface area contributed by atoms with Gasteiger partial charge in [0.05, 0.1) is 6.10 Å². The third kappa shape index (κ3) is 3.18. The summed E-state index contributed by atoms with van der Waals surface area (Å²) < 4.78 is 0. The summed E-state index contributed by atoms with van der Waals surface area (Å²) >= 11 is 1.72. The molecule has 0 aromatic heterocycles. The number of rotatable bonds is 3. The molecule has 2 bridgehead atoms. The van der Waals surface area contributed by atoms with Crippen LogP contribution in [0.25, 0.3) is 0 Å².